The predicted molar refractivity (Wildman–Crippen MR) is 75.9 cm³/mol. The van der Waals surface area contributed by atoms with Gasteiger partial charge in [0.25, 0.3) is 0 Å². The third-order valence-electron chi connectivity index (χ3n) is 2.87. The number of nitrogens with one attached hydrogen (secondary N) is 1. The average Bonchev–Trinajstić information content (AvgIpc) is 2.42. The van der Waals surface area contributed by atoms with Gasteiger partial charge in [-0.15, -0.1) is 0 Å². The molecule has 0 spiro atoms. The SMILES string of the molecule is CCOC(=O)C(C)Nc1ccc2cnccc2c1N. The zero-order valence-electron chi connectivity index (χ0n) is 11.0. The van der Waals surface area contributed by atoms with Crippen LogP contribution in [0.25, 0.3) is 10.8 Å². The Morgan fingerprint density at radius 2 is 2.26 bits per heavy atom. The van der Waals surface area contributed by atoms with Gasteiger partial charge in [-0.05, 0) is 26.0 Å². The molecule has 5 nitrogen and oxygen atoms in total. The number of anilines is 2. The molecule has 0 amide bonds. The second-order valence-electron chi connectivity index (χ2n) is 4.24. The molecule has 1 atom stereocenters. The monoisotopic (exact) mass is 259 g/mol. The third kappa shape index (κ3) is 2.76. The Kier molecular flexibility index (Phi) is 3.85. The van der Waals surface area contributed by atoms with Crippen LogP contribution < -0.4 is 11.1 Å². The molecule has 3 N–H and O–H groups in total. The van der Waals surface area contributed by atoms with Gasteiger partial charge in [-0.2, -0.15) is 0 Å². The normalized spacial score (nSPS) is 12.1. The first-order valence-electron chi connectivity index (χ1n) is 6.19. The smallest absolute Gasteiger partial charge is 0.328 e. The molecule has 0 aliphatic heterocycles. The first kappa shape index (κ1) is 13.1. The molecule has 0 saturated heterocycles. The molecule has 0 radical (unpaired) electrons. The van der Waals surface area contributed by atoms with Gasteiger partial charge >= 0.3 is 5.97 Å². The van der Waals surface area contributed by atoms with Crippen LogP contribution in [0.15, 0.2) is 30.6 Å². The maximum Gasteiger partial charge on any atom is 0.328 e. The summed E-state index contributed by atoms with van der Waals surface area (Å²) < 4.78 is 4.95. The van der Waals surface area contributed by atoms with Crippen molar-refractivity contribution in [2.75, 3.05) is 17.7 Å². The molecular formula is C14H17N3O2. The first-order valence-corrected chi connectivity index (χ1v) is 6.19. The summed E-state index contributed by atoms with van der Waals surface area (Å²) in [4.78, 5) is 15.6. The largest absolute Gasteiger partial charge is 0.464 e. The quantitative estimate of drug-likeness (QED) is 0.650. The number of aromatic nitrogens is 1. The fourth-order valence-electron chi connectivity index (χ4n) is 1.88. The lowest BCUT2D eigenvalue weighted by molar-refractivity contribution is -0.143. The van der Waals surface area contributed by atoms with Crippen LogP contribution in [0.5, 0.6) is 0 Å². The number of rotatable bonds is 4. The molecule has 0 saturated carbocycles. The number of nitrogens with two attached hydrogens (primary N) is 1. The molecule has 5 heteroatoms. The van der Waals surface area contributed by atoms with E-state index in [4.69, 9.17) is 10.5 Å². The van der Waals surface area contributed by atoms with Crippen molar-refractivity contribution in [1.29, 1.82) is 0 Å². The summed E-state index contributed by atoms with van der Waals surface area (Å²) in [6, 6.07) is 5.17. The van der Waals surface area contributed by atoms with E-state index in [0.717, 1.165) is 16.5 Å². The van der Waals surface area contributed by atoms with Crippen molar-refractivity contribution < 1.29 is 9.53 Å². The molecule has 1 heterocycles. The topological polar surface area (TPSA) is 77.2 Å². The standard InChI is InChI=1S/C14H17N3O2/c1-3-19-14(18)9(2)17-12-5-4-10-8-16-7-6-11(10)13(12)15/h4-9,17H,3,15H2,1-2H3. The van der Waals surface area contributed by atoms with E-state index < -0.39 is 6.04 Å². The number of carbonyl (C=O) groups excluding carboxylic acids is 1. The Hall–Kier alpha value is -2.30. The summed E-state index contributed by atoms with van der Waals surface area (Å²) in [6.45, 7) is 3.89. The van der Waals surface area contributed by atoms with Crippen LogP contribution in [-0.4, -0.2) is 23.6 Å². The number of esters is 1. The third-order valence-corrected chi connectivity index (χ3v) is 2.87. The van der Waals surface area contributed by atoms with Crippen LogP contribution >= 0.6 is 0 Å². The number of nitrogen functional groups attached to an aromatic ring is 1. The van der Waals surface area contributed by atoms with E-state index in [-0.39, 0.29) is 5.97 Å². The van der Waals surface area contributed by atoms with E-state index in [1.54, 1.807) is 26.2 Å². The molecule has 0 aliphatic rings. The highest BCUT2D eigenvalue weighted by atomic mass is 16.5. The van der Waals surface area contributed by atoms with Gasteiger partial charge in [-0.1, -0.05) is 6.07 Å². The lowest BCUT2D eigenvalue weighted by atomic mass is 10.1. The lowest BCUT2D eigenvalue weighted by Gasteiger charge is -2.16. The van der Waals surface area contributed by atoms with E-state index in [2.05, 4.69) is 10.3 Å². The molecule has 0 bridgehead atoms. The molecule has 19 heavy (non-hydrogen) atoms. The fraction of sp³-hybridized carbons (Fsp3) is 0.286. The van der Waals surface area contributed by atoms with Gasteiger partial charge in [-0.3, -0.25) is 4.98 Å². The summed E-state index contributed by atoms with van der Waals surface area (Å²) >= 11 is 0. The van der Waals surface area contributed by atoms with E-state index >= 15 is 0 Å². The number of pyridine rings is 1. The summed E-state index contributed by atoms with van der Waals surface area (Å²) in [6.07, 6.45) is 3.45. The van der Waals surface area contributed by atoms with Crippen molar-refractivity contribution in [3.05, 3.63) is 30.6 Å². The summed E-state index contributed by atoms with van der Waals surface area (Å²) in [5, 5.41) is 4.95. The van der Waals surface area contributed by atoms with Gasteiger partial charge in [0.1, 0.15) is 6.04 Å². The van der Waals surface area contributed by atoms with Crippen molar-refractivity contribution in [1.82, 2.24) is 4.98 Å². The van der Waals surface area contributed by atoms with Crippen molar-refractivity contribution in [2.24, 2.45) is 0 Å². The van der Waals surface area contributed by atoms with E-state index in [1.165, 1.54) is 0 Å². The Labute approximate surface area is 111 Å². The lowest BCUT2D eigenvalue weighted by Crippen LogP contribution is -2.28. The maximum absolute atomic E-state index is 11.6. The molecular weight excluding hydrogens is 242 g/mol. The average molecular weight is 259 g/mol. The molecule has 1 aromatic heterocycles. The van der Waals surface area contributed by atoms with Gasteiger partial charge < -0.3 is 15.8 Å². The Balaban J connectivity index is 2.26. The highest BCUT2D eigenvalue weighted by Gasteiger charge is 2.15. The minimum atomic E-state index is -0.443. The number of hydrogen-bond acceptors (Lipinski definition) is 5. The maximum atomic E-state index is 11.6. The van der Waals surface area contributed by atoms with Crippen LogP contribution in [0.2, 0.25) is 0 Å². The first-order chi connectivity index (χ1) is 9.13. The van der Waals surface area contributed by atoms with E-state index in [1.807, 2.05) is 18.2 Å². The summed E-state index contributed by atoms with van der Waals surface area (Å²) in [5.41, 5.74) is 7.43. The zero-order valence-corrected chi connectivity index (χ0v) is 11.0. The second-order valence-corrected chi connectivity index (χ2v) is 4.24. The van der Waals surface area contributed by atoms with Crippen LogP contribution in [0.3, 0.4) is 0 Å². The van der Waals surface area contributed by atoms with Gasteiger partial charge in [0.15, 0.2) is 0 Å². The molecule has 1 unspecified atom stereocenters. The highest BCUT2D eigenvalue weighted by Crippen LogP contribution is 2.28. The molecule has 0 aliphatic carbocycles. The molecule has 2 aromatic rings. The predicted octanol–water partition coefficient (Wildman–Crippen LogP) is 2.18. The number of nitrogens with zero attached hydrogens (tertiary/aromatic N) is 1. The van der Waals surface area contributed by atoms with Crippen molar-refractivity contribution in [2.45, 2.75) is 19.9 Å². The van der Waals surface area contributed by atoms with Crippen molar-refractivity contribution >= 4 is 28.1 Å². The van der Waals surface area contributed by atoms with E-state index in [0.29, 0.717) is 12.3 Å². The highest BCUT2D eigenvalue weighted by molar-refractivity contribution is 5.99. The van der Waals surface area contributed by atoms with Crippen molar-refractivity contribution in [3.63, 3.8) is 0 Å². The Morgan fingerprint density at radius 1 is 1.47 bits per heavy atom. The van der Waals surface area contributed by atoms with Gasteiger partial charge in [0.2, 0.25) is 0 Å². The molecule has 100 valence electrons. The fourth-order valence-corrected chi connectivity index (χ4v) is 1.88. The Morgan fingerprint density at radius 3 is 3.00 bits per heavy atom. The molecule has 0 fully saturated rings. The van der Waals surface area contributed by atoms with Crippen LogP contribution in [0.1, 0.15) is 13.8 Å². The van der Waals surface area contributed by atoms with Crippen LogP contribution in [0, 0.1) is 0 Å². The van der Waals surface area contributed by atoms with E-state index in [9.17, 15) is 4.79 Å². The van der Waals surface area contributed by atoms with Crippen LogP contribution in [0.4, 0.5) is 11.4 Å². The molecule has 1 aromatic carbocycles. The van der Waals surface area contributed by atoms with Crippen molar-refractivity contribution in [3.8, 4) is 0 Å². The number of carbonyl (C=O) groups is 1. The number of ether oxygens (including phenoxy) is 1. The molecule has 2 rings (SSSR count). The van der Waals surface area contributed by atoms with Gasteiger partial charge in [0.05, 0.1) is 18.0 Å². The summed E-state index contributed by atoms with van der Waals surface area (Å²) in [7, 11) is 0. The van der Waals surface area contributed by atoms with Crippen LogP contribution in [-0.2, 0) is 9.53 Å². The number of hydrogen-bond donors (Lipinski definition) is 2. The zero-order chi connectivity index (χ0) is 13.8. The number of benzene rings is 1. The Bertz CT molecular complexity index is 598. The number of fused-ring (bicyclic) bond motifs is 1. The minimum absolute atomic E-state index is 0.295. The van der Waals surface area contributed by atoms with Gasteiger partial charge in [0, 0.05) is 23.2 Å². The van der Waals surface area contributed by atoms with Gasteiger partial charge in [-0.25, -0.2) is 4.79 Å². The second kappa shape index (κ2) is 5.56. The minimum Gasteiger partial charge on any atom is -0.464 e. The summed E-state index contributed by atoms with van der Waals surface area (Å²) in [5.74, 6) is -0.295.